The van der Waals surface area contributed by atoms with Gasteiger partial charge in [0.05, 0.1) is 7.11 Å². The number of methoxy groups -OCH3 is 1. The summed E-state index contributed by atoms with van der Waals surface area (Å²) in [5, 5.41) is 1.86. The first-order chi connectivity index (χ1) is 8.13. The van der Waals surface area contributed by atoms with Crippen LogP contribution in [0, 0.1) is 3.57 Å². The number of ether oxygens (including phenoxy) is 1. The van der Waals surface area contributed by atoms with Gasteiger partial charge in [0.25, 0.3) is 0 Å². The molecule has 0 aliphatic heterocycles. The Kier molecular flexibility index (Phi) is 4.22. The van der Waals surface area contributed by atoms with Gasteiger partial charge in [-0.2, -0.15) is 0 Å². The molecule has 17 heavy (non-hydrogen) atoms. The summed E-state index contributed by atoms with van der Waals surface area (Å²) in [6, 6.07) is 7.48. The maximum Gasteiger partial charge on any atom is 0.207 e. The van der Waals surface area contributed by atoms with Gasteiger partial charge in [0, 0.05) is 13.6 Å². The average Bonchev–Trinajstić information content (AvgIpc) is 2.79. The monoisotopic (exact) mass is 422 g/mol. The summed E-state index contributed by atoms with van der Waals surface area (Å²) in [6.07, 6.45) is 0. The summed E-state index contributed by atoms with van der Waals surface area (Å²) >= 11 is 6.94. The molecule has 2 rings (SSSR count). The Hall–Kier alpha value is -0.400. The van der Waals surface area contributed by atoms with Gasteiger partial charge in [-0.25, -0.2) is 0 Å². The van der Waals surface area contributed by atoms with E-state index in [-0.39, 0.29) is 5.78 Å². The number of benzene rings is 1. The molecule has 0 amide bonds. The summed E-state index contributed by atoms with van der Waals surface area (Å²) in [7, 11) is 1.57. The number of rotatable bonds is 3. The lowest BCUT2D eigenvalue weighted by Gasteiger charge is -2.05. The van der Waals surface area contributed by atoms with E-state index < -0.39 is 0 Å². The lowest BCUT2D eigenvalue weighted by Crippen LogP contribution is -2.03. The zero-order valence-corrected chi connectivity index (χ0v) is 13.4. The highest BCUT2D eigenvalue weighted by atomic mass is 127. The molecule has 2 nitrogen and oxygen atoms in total. The van der Waals surface area contributed by atoms with E-state index in [1.807, 2.05) is 29.6 Å². The van der Waals surface area contributed by atoms with Crippen molar-refractivity contribution in [3.8, 4) is 5.75 Å². The smallest absolute Gasteiger partial charge is 0.207 e. The molecule has 1 aromatic heterocycles. The van der Waals surface area contributed by atoms with Gasteiger partial charge in [-0.3, -0.25) is 4.79 Å². The fourth-order valence-corrected chi connectivity index (χ4v) is 3.17. The number of hydrogen-bond donors (Lipinski definition) is 0. The molecule has 88 valence electrons. The first kappa shape index (κ1) is 13.0. The van der Waals surface area contributed by atoms with Crippen LogP contribution in [0.25, 0.3) is 0 Å². The largest absolute Gasteiger partial charge is 0.495 e. The number of thiophene rings is 1. The predicted molar refractivity (Wildman–Crippen MR) is 81.2 cm³/mol. The van der Waals surface area contributed by atoms with Gasteiger partial charge < -0.3 is 4.74 Å². The van der Waals surface area contributed by atoms with Gasteiger partial charge in [0.2, 0.25) is 5.78 Å². The van der Waals surface area contributed by atoms with E-state index in [1.165, 1.54) is 11.3 Å². The second kappa shape index (κ2) is 5.49. The molecule has 0 fully saturated rings. The molecule has 0 saturated heterocycles. The third-order valence-electron chi connectivity index (χ3n) is 2.23. The quantitative estimate of drug-likeness (QED) is 0.542. The van der Waals surface area contributed by atoms with Crippen LogP contribution in [0.1, 0.15) is 15.2 Å². The van der Waals surface area contributed by atoms with Gasteiger partial charge in [-0.05, 0) is 52.2 Å². The predicted octanol–water partition coefficient (Wildman–Crippen LogP) is 4.35. The second-order valence-corrected chi connectivity index (χ2v) is 6.27. The lowest BCUT2D eigenvalue weighted by atomic mass is 10.1. The fourth-order valence-electron chi connectivity index (χ4n) is 1.42. The van der Waals surface area contributed by atoms with E-state index >= 15 is 0 Å². The molecule has 1 aromatic carbocycles. The number of carbonyl (C=O) groups is 1. The third kappa shape index (κ3) is 2.71. The zero-order chi connectivity index (χ0) is 12.4. The van der Waals surface area contributed by atoms with Crippen molar-refractivity contribution in [2.24, 2.45) is 0 Å². The molecule has 0 aliphatic rings. The summed E-state index contributed by atoms with van der Waals surface area (Å²) in [5.41, 5.74) is 0.695. The lowest BCUT2D eigenvalue weighted by molar-refractivity contribution is 0.103. The molecule has 5 heteroatoms. The van der Waals surface area contributed by atoms with Crippen molar-refractivity contribution in [1.82, 2.24) is 0 Å². The SMILES string of the molecule is COc1ccsc1C(=O)c1cc(Br)ccc1I. The molecule has 0 aliphatic carbocycles. The van der Waals surface area contributed by atoms with Crippen LogP contribution in [-0.2, 0) is 0 Å². The van der Waals surface area contributed by atoms with Gasteiger partial charge in [0.15, 0.2) is 0 Å². The second-order valence-electron chi connectivity index (χ2n) is 3.27. The molecule has 1 heterocycles. The summed E-state index contributed by atoms with van der Waals surface area (Å²) in [4.78, 5) is 13.0. The minimum Gasteiger partial charge on any atom is -0.495 e. The minimum atomic E-state index is 0.00236. The van der Waals surface area contributed by atoms with Gasteiger partial charge in [0.1, 0.15) is 10.6 Å². The third-order valence-corrected chi connectivity index (χ3v) is 4.56. The highest BCUT2D eigenvalue weighted by molar-refractivity contribution is 14.1. The van der Waals surface area contributed by atoms with Crippen molar-refractivity contribution >= 4 is 55.6 Å². The molecule has 0 spiro atoms. The summed E-state index contributed by atoms with van der Waals surface area (Å²) in [5.74, 6) is 0.637. The number of carbonyl (C=O) groups excluding carboxylic acids is 1. The minimum absolute atomic E-state index is 0.00236. The van der Waals surface area contributed by atoms with Crippen LogP contribution in [-0.4, -0.2) is 12.9 Å². The van der Waals surface area contributed by atoms with Crippen molar-refractivity contribution in [2.75, 3.05) is 7.11 Å². The zero-order valence-electron chi connectivity index (χ0n) is 8.87. The molecule has 0 unspecified atom stereocenters. The van der Waals surface area contributed by atoms with Crippen LogP contribution in [0.15, 0.2) is 34.1 Å². The van der Waals surface area contributed by atoms with Crippen molar-refractivity contribution in [2.45, 2.75) is 0 Å². The number of halogens is 2. The molecule has 0 N–H and O–H groups in total. The Bertz CT molecular complexity index is 565. The first-order valence-electron chi connectivity index (χ1n) is 4.74. The normalized spacial score (nSPS) is 10.3. The average molecular weight is 423 g/mol. The molecular weight excluding hydrogens is 415 g/mol. The maximum absolute atomic E-state index is 12.4. The maximum atomic E-state index is 12.4. The van der Waals surface area contributed by atoms with E-state index in [2.05, 4.69) is 38.5 Å². The van der Waals surface area contributed by atoms with E-state index in [0.717, 1.165) is 8.04 Å². The molecule has 0 atom stereocenters. The molecule has 2 aromatic rings. The Balaban J connectivity index is 2.47. The molecular formula is C12H8BrIO2S. The Labute approximate surface area is 125 Å². The van der Waals surface area contributed by atoms with E-state index in [9.17, 15) is 4.79 Å². The van der Waals surface area contributed by atoms with E-state index in [4.69, 9.17) is 4.74 Å². The highest BCUT2D eigenvalue weighted by Gasteiger charge is 2.18. The van der Waals surface area contributed by atoms with E-state index in [1.54, 1.807) is 7.11 Å². The first-order valence-corrected chi connectivity index (χ1v) is 7.50. The van der Waals surface area contributed by atoms with Crippen LogP contribution in [0.3, 0.4) is 0 Å². The molecule has 0 saturated carbocycles. The van der Waals surface area contributed by atoms with Crippen LogP contribution >= 0.6 is 49.9 Å². The van der Waals surface area contributed by atoms with Gasteiger partial charge in [-0.1, -0.05) is 15.9 Å². The molecule has 0 radical (unpaired) electrons. The summed E-state index contributed by atoms with van der Waals surface area (Å²) < 4.78 is 7.01. The summed E-state index contributed by atoms with van der Waals surface area (Å²) in [6.45, 7) is 0. The topological polar surface area (TPSA) is 26.3 Å². The number of ketones is 1. The van der Waals surface area contributed by atoms with Crippen LogP contribution < -0.4 is 4.74 Å². The van der Waals surface area contributed by atoms with E-state index in [0.29, 0.717) is 16.2 Å². The van der Waals surface area contributed by atoms with Crippen molar-refractivity contribution in [3.63, 3.8) is 0 Å². The standard InChI is InChI=1S/C12H8BrIO2S/c1-16-10-4-5-17-12(10)11(15)8-6-7(13)2-3-9(8)14/h2-6H,1H3. The highest BCUT2D eigenvalue weighted by Crippen LogP contribution is 2.29. The Morgan fingerprint density at radius 1 is 1.41 bits per heavy atom. The van der Waals surface area contributed by atoms with Crippen LogP contribution in [0.5, 0.6) is 5.75 Å². The van der Waals surface area contributed by atoms with Crippen LogP contribution in [0.4, 0.5) is 0 Å². The Morgan fingerprint density at radius 2 is 2.18 bits per heavy atom. The van der Waals surface area contributed by atoms with Crippen molar-refractivity contribution in [3.05, 3.63) is 48.1 Å². The van der Waals surface area contributed by atoms with Crippen molar-refractivity contribution < 1.29 is 9.53 Å². The fraction of sp³-hybridized carbons (Fsp3) is 0.0833. The van der Waals surface area contributed by atoms with Gasteiger partial charge in [-0.15, -0.1) is 11.3 Å². The van der Waals surface area contributed by atoms with Crippen molar-refractivity contribution in [1.29, 1.82) is 0 Å². The molecule has 0 bridgehead atoms. The van der Waals surface area contributed by atoms with Crippen LogP contribution in [0.2, 0.25) is 0 Å². The Morgan fingerprint density at radius 3 is 2.88 bits per heavy atom. The van der Waals surface area contributed by atoms with Gasteiger partial charge >= 0.3 is 0 Å². The number of hydrogen-bond acceptors (Lipinski definition) is 3.